The molecule has 0 unspecified atom stereocenters. The van der Waals surface area contributed by atoms with Crippen molar-refractivity contribution >= 4 is 18.0 Å². The molecule has 2 rings (SSSR count). The molecule has 7 nitrogen and oxygen atoms in total. The smallest absolute Gasteiger partial charge is 0.267 e. The number of aromatic hydroxyl groups is 1. The summed E-state index contributed by atoms with van der Waals surface area (Å²) < 4.78 is 0. The highest BCUT2D eigenvalue weighted by atomic mass is 16.3. The molecule has 0 radical (unpaired) electrons. The average molecular weight is 300 g/mol. The molecule has 0 spiro atoms. The van der Waals surface area contributed by atoms with Crippen LogP contribution in [0.15, 0.2) is 36.0 Å². The molecule has 0 atom stereocenters. The third kappa shape index (κ3) is 3.99. The third-order valence-electron chi connectivity index (χ3n) is 3.30. The van der Waals surface area contributed by atoms with E-state index in [4.69, 9.17) is 5.26 Å². The minimum atomic E-state index is -0.508. The number of carbonyl (C=O) groups excluding carboxylic acids is 2. The van der Waals surface area contributed by atoms with Gasteiger partial charge in [-0.3, -0.25) is 9.59 Å². The molecule has 1 aromatic carbocycles. The van der Waals surface area contributed by atoms with Crippen molar-refractivity contribution < 1.29 is 14.7 Å². The van der Waals surface area contributed by atoms with E-state index in [1.54, 1.807) is 17.0 Å². The van der Waals surface area contributed by atoms with E-state index >= 15 is 0 Å². The molecule has 1 fully saturated rings. The Labute approximate surface area is 128 Å². The number of phenolic OH excluding ortho intramolecular Hbond substituents is 1. The van der Waals surface area contributed by atoms with Crippen LogP contribution >= 0.6 is 0 Å². The Kier molecular flexibility index (Phi) is 4.98. The molecule has 1 heterocycles. The topological polar surface area (TPSA) is 96.7 Å². The number of rotatable bonds is 4. The second-order valence-electron chi connectivity index (χ2n) is 4.83. The second-order valence-corrected chi connectivity index (χ2v) is 4.83. The number of hydrogen-bond acceptors (Lipinski definition) is 5. The number of piperazine rings is 1. The van der Waals surface area contributed by atoms with Crippen LogP contribution in [-0.4, -0.2) is 53.4 Å². The second kappa shape index (κ2) is 7.13. The Morgan fingerprint density at radius 3 is 2.32 bits per heavy atom. The zero-order valence-electron chi connectivity index (χ0n) is 11.9. The normalized spacial score (nSPS) is 15.1. The summed E-state index contributed by atoms with van der Waals surface area (Å²) in [6.07, 6.45) is 2.31. The van der Waals surface area contributed by atoms with Crippen LogP contribution in [0.2, 0.25) is 0 Å². The molecule has 1 saturated heterocycles. The van der Waals surface area contributed by atoms with Crippen molar-refractivity contribution in [2.45, 2.75) is 0 Å². The van der Waals surface area contributed by atoms with Gasteiger partial charge in [-0.1, -0.05) is 0 Å². The van der Waals surface area contributed by atoms with Crippen molar-refractivity contribution in [1.29, 1.82) is 5.26 Å². The lowest BCUT2D eigenvalue weighted by Gasteiger charge is -2.31. The fourth-order valence-corrected chi connectivity index (χ4v) is 2.04. The minimum Gasteiger partial charge on any atom is -0.508 e. The van der Waals surface area contributed by atoms with Crippen LogP contribution in [0.3, 0.4) is 0 Å². The highest BCUT2D eigenvalue weighted by Crippen LogP contribution is 2.14. The van der Waals surface area contributed by atoms with Crippen molar-refractivity contribution in [1.82, 2.24) is 9.80 Å². The summed E-state index contributed by atoms with van der Waals surface area (Å²) in [5.41, 5.74) is 0.488. The summed E-state index contributed by atoms with van der Waals surface area (Å²) in [6.45, 7) is 2.30. The first-order chi connectivity index (χ1) is 10.6. The van der Waals surface area contributed by atoms with Gasteiger partial charge in [0.05, 0.1) is 0 Å². The average Bonchev–Trinajstić information content (AvgIpc) is 2.55. The van der Waals surface area contributed by atoms with E-state index in [9.17, 15) is 14.7 Å². The molecule has 0 saturated carbocycles. The van der Waals surface area contributed by atoms with Crippen LogP contribution in [0.25, 0.3) is 0 Å². The van der Waals surface area contributed by atoms with E-state index in [0.717, 1.165) is 6.41 Å². The van der Waals surface area contributed by atoms with Gasteiger partial charge in [-0.15, -0.1) is 0 Å². The Morgan fingerprint density at radius 2 is 1.77 bits per heavy atom. The monoisotopic (exact) mass is 300 g/mol. The Bertz CT molecular complexity index is 611. The summed E-state index contributed by atoms with van der Waals surface area (Å²) in [7, 11) is 0. The van der Waals surface area contributed by atoms with Crippen LogP contribution in [-0.2, 0) is 9.59 Å². The summed E-state index contributed by atoms with van der Waals surface area (Å²) >= 11 is 0. The molecule has 1 aromatic rings. The summed E-state index contributed by atoms with van der Waals surface area (Å²) in [6, 6.07) is 7.87. The van der Waals surface area contributed by atoms with E-state index in [0.29, 0.717) is 31.9 Å². The molecule has 0 aromatic heterocycles. The predicted octanol–water partition coefficient (Wildman–Crippen LogP) is 0.512. The Hall–Kier alpha value is -3.01. The van der Waals surface area contributed by atoms with E-state index in [-0.39, 0.29) is 11.3 Å². The fourth-order valence-electron chi connectivity index (χ4n) is 2.04. The van der Waals surface area contributed by atoms with Crippen LogP contribution in [0.5, 0.6) is 5.75 Å². The largest absolute Gasteiger partial charge is 0.508 e. The molecular weight excluding hydrogens is 284 g/mol. The van der Waals surface area contributed by atoms with Gasteiger partial charge in [0.15, 0.2) is 0 Å². The predicted molar refractivity (Wildman–Crippen MR) is 79.6 cm³/mol. The van der Waals surface area contributed by atoms with Crippen molar-refractivity contribution in [3.63, 3.8) is 0 Å². The van der Waals surface area contributed by atoms with Crippen LogP contribution in [0, 0.1) is 11.3 Å². The van der Waals surface area contributed by atoms with E-state index in [1.807, 2.05) is 11.0 Å². The first kappa shape index (κ1) is 15.4. The van der Waals surface area contributed by atoms with Gasteiger partial charge in [0, 0.05) is 38.1 Å². The minimum absolute atomic E-state index is 0.00683. The summed E-state index contributed by atoms with van der Waals surface area (Å²) in [4.78, 5) is 26.2. The Morgan fingerprint density at radius 1 is 1.18 bits per heavy atom. The number of amides is 2. The van der Waals surface area contributed by atoms with Crippen LogP contribution < -0.4 is 5.32 Å². The fraction of sp³-hybridized carbons (Fsp3) is 0.267. The standard InChI is InChI=1S/C15H16N4O3/c16-9-12(10-18-5-7-19(11-20)8-6-18)15(22)17-13-1-3-14(21)4-2-13/h1-4,10-11,21H,5-8H2,(H,17,22)/b12-10-. The molecular formula is C15H16N4O3. The first-order valence-electron chi connectivity index (χ1n) is 6.78. The van der Waals surface area contributed by atoms with Gasteiger partial charge in [-0.25, -0.2) is 0 Å². The van der Waals surface area contributed by atoms with Gasteiger partial charge < -0.3 is 20.2 Å². The van der Waals surface area contributed by atoms with Crippen LogP contribution in [0.1, 0.15) is 0 Å². The van der Waals surface area contributed by atoms with Gasteiger partial charge in [0.1, 0.15) is 17.4 Å². The molecule has 2 amide bonds. The summed E-state index contributed by atoms with van der Waals surface area (Å²) in [5, 5.41) is 20.9. The van der Waals surface area contributed by atoms with Crippen molar-refractivity contribution in [3.05, 3.63) is 36.0 Å². The first-order valence-corrected chi connectivity index (χ1v) is 6.78. The van der Waals surface area contributed by atoms with E-state index < -0.39 is 5.91 Å². The lowest BCUT2D eigenvalue weighted by molar-refractivity contribution is -0.119. The van der Waals surface area contributed by atoms with Crippen molar-refractivity contribution in [2.75, 3.05) is 31.5 Å². The highest BCUT2D eigenvalue weighted by molar-refractivity contribution is 6.06. The molecule has 1 aliphatic heterocycles. The number of hydrogen-bond donors (Lipinski definition) is 2. The number of nitrogens with one attached hydrogen (secondary N) is 1. The van der Waals surface area contributed by atoms with E-state index in [2.05, 4.69) is 5.32 Å². The van der Waals surface area contributed by atoms with Gasteiger partial charge in [0.2, 0.25) is 6.41 Å². The number of anilines is 1. The molecule has 0 aliphatic carbocycles. The molecule has 2 N–H and O–H groups in total. The maximum absolute atomic E-state index is 12.1. The number of nitriles is 1. The molecule has 0 bridgehead atoms. The van der Waals surface area contributed by atoms with Crippen molar-refractivity contribution in [2.24, 2.45) is 0 Å². The molecule has 114 valence electrons. The number of carbonyl (C=O) groups is 2. The van der Waals surface area contributed by atoms with Crippen LogP contribution in [0.4, 0.5) is 5.69 Å². The zero-order chi connectivity index (χ0) is 15.9. The molecule has 1 aliphatic rings. The quantitative estimate of drug-likeness (QED) is 0.365. The Balaban J connectivity index is 2.00. The maximum atomic E-state index is 12.1. The number of phenols is 1. The van der Waals surface area contributed by atoms with Gasteiger partial charge >= 0.3 is 0 Å². The van der Waals surface area contributed by atoms with Gasteiger partial charge in [-0.05, 0) is 24.3 Å². The van der Waals surface area contributed by atoms with Gasteiger partial charge in [0.25, 0.3) is 5.91 Å². The maximum Gasteiger partial charge on any atom is 0.267 e. The van der Waals surface area contributed by atoms with E-state index in [1.165, 1.54) is 18.3 Å². The lowest BCUT2D eigenvalue weighted by atomic mass is 10.2. The molecule has 22 heavy (non-hydrogen) atoms. The zero-order valence-corrected chi connectivity index (χ0v) is 11.9. The highest BCUT2D eigenvalue weighted by Gasteiger charge is 2.16. The molecule has 7 heteroatoms. The van der Waals surface area contributed by atoms with Crippen molar-refractivity contribution in [3.8, 4) is 11.8 Å². The summed E-state index contributed by atoms with van der Waals surface area (Å²) in [5.74, 6) is -0.409. The van der Waals surface area contributed by atoms with Gasteiger partial charge in [-0.2, -0.15) is 5.26 Å². The third-order valence-corrected chi connectivity index (χ3v) is 3.30. The lowest BCUT2D eigenvalue weighted by Crippen LogP contribution is -2.43. The number of benzene rings is 1. The SMILES string of the molecule is N#C/C(=C/N1CCN(C=O)CC1)C(=O)Nc1ccc(O)cc1. The number of nitrogens with zero attached hydrogens (tertiary/aromatic N) is 3.